The van der Waals surface area contributed by atoms with Crippen LogP contribution in [0.5, 0.6) is 0 Å². The predicted octanol–water partition coefficient (Wildman–Crippen LogP) is 2.27. The van der Waals surface area contributed by atoms with Crippen molar-refractivity contribution < 1.29 is 4.79 Å². The highest BCUT2D eigenvalue weighted by atomic mass is 32.2. The third-order valence-corrected chi connectivity index (χ3v) is 4.17. The SMILES string of the molecule is CSCCCNC(=S)NNC(=O)CNc1c(C)cc(C)cc1C. The Bertz CT molecular complexity index is 526. The maximum atomic E-state index is 11.9. The van der Waals surface area contributed by atoms with E-state index in [0.29, 0.717) is 5.11 Å². The summed E-state index contributed by atoms with van der Waals surface area (Å²) in [7, 11) is 0. The number of carbonyl (C=O) groups excluding carboxylic acids is 1. The number of anilines is 1. The van der Waals surface area contributed by atoms with E-state index in [-0.39, 0.29) is 12.5 Å². The van der Waals surface area contributed by atoms with Gasteiger partial charge in [0.2, 0.25) is 0 Å². The van der Waals surface area contributed by atoms with Crippen LogP contribution in [0.4, 0.5) is 5.69 Å². The molecule has 5 nitrogen and oxygen atoms in total. The van der Waals surface area contributed by atoms with Gasteiger partial charge in [0.1, 0.15) is 0 Å². The van der Waals surface area contributed by atoms with Crippen LogP contribution in [0.3, 0.4) is 0 Å². The van der Waals surface area contributed by atoms with Gasteiger partial charge in [-0.25, -0.2) is 0 Å². The molecule has 0 unspecified atom stereocenters. The summed E-state index contributed by atoms with van der Waals surface area (Å²) in [6.07, 6.45) is 3.10. The summed E-state index contributed by atoms with van der Waals surface area (Å²) < 4.78 is 0. The average molecular weight is 355 g/mol. The van der Waals surface area contributed by atoms with E-state index in [1.165, 1.54) is 5.56 Å². The molecule has 1 amide bonds. The molecule has 0 saturated heterocycles. The van der Waals surface area contributed by atoms with E-state index >= 15 is 0 Å². The standard InChI is InChI=1S/C16H26N4OS2/c1-11-8-12(2)15(13(3)9-11)18-10-14(21)19-20-16(22)17-6-5-7-23-4/h8-9,18H,5-7,10H2,1-4H3,(H,19,21)(H2,17,20,22). The fourth-order valence-electron chi connectivity index (χ4n) is 2.26. The van der Waals surface area contributed by atoms with Crippen LogP contribution >= 0.6 is 24.0 Å². The minimum atomic E-state index is -0.169. The van der Waals surface area contributed by atoms with Gasteiger partial charge >= 0.3 is 0 Å². The number of hydrogen-bond donors (Lipinski definition) is 4. The van der Waals surface area contributed by atoms with Crippen LogP contribution in [-0.2, 0) is 4.79 Å². The van der Waals surface area contributed by atoms with Crippen LogP contribution in [0.1, 0.15) is 23.1 Å². The Balaban J connectivity index is 2.31. The quantitative estimate of drug-likeness (QED) is 0.342. The molecule has 0 aliphatic heterocycles. The second-order valence-corrected chi connectivity index (χ2v) is 6.80. The van der Waals surface area contributed by atoms with Crippen molar-refractivity contribution in [2.45, 2.75) is 27.2 Å². The fourth-order valence-corrected chi connectivity index (χ4v) is 2.85. The van der Waals surface area contributed by atoms with Crippen LogP contribution in [0, 0.1) is 20.8 Å². The first kappa shape index (κ1) is 19.6. The van der Waals surface area contributed by atoms with E-state index < -0.39 is 0 Å². The zero-order valence-electron chi connectivity index (χ0n) is 14.2. The summed E-state index contributed by atoms with van der Waals surface area (Å²) in [6, 6.07) is 4.19. The lowest BCUT2D eigenvalue weighted by Crippen LogP contribution is -2.48. The molecule has 0 radical (unpaired) electrons. The van der Waals surface area contributed by atoms with Gasteiger partial charge in [-0.2, -0.15) is 11.8 Å². The topological polar surface area (TPSA) is 65.2 Å². The monoisotopic (exact) mass is 354 g/mol. The zero-order valence-corrected chi connectivity index (χ0v) is 15.8. The number of aryl methyl sites for hydroxylation is 3. The highest BCUT2D eigenvalue weighted by molar-refractivity contribution is 7.98. The molecular formula is C16H26N4OS2. The molecular weight excluding hydrogens is 328 g/mol. The Morgan fingerprint density at radius 3 is 2.43 bits per heavy atom. The highest BCUT2D eigenvalue weighted by Gasteiger charge is 2.06. The lowest BCUT2D eigenvalue weighted by Gasteiger charge is -2.15. The molecule has 0 atom stereocenters. The summed E-state index contributed by atoms with van der Waals surface area (Å²) in [6.45, 7) is 7.11. The summed E-state index contributed by atoms with van der Waals surface area (Å²) in [4.78, 5) is 11.9. The van der Waals surface area contributed by atoms with Gasteiger partial charge in [-0.15, -0.1) is 0 Å². The van der Waals surface area contributed by atoms with Gasteiger partial charge in [0.05, 0.1) is 6.54 Å². The number of rotatable bonds is 7. The summed E-state index contributed by atoms with van der Waals surface area (Å²) in [5.74, 6) is 0.916. The normalized spacial score (nSPS) is 10.1. The van der Waals surface area contributed by atoms with Crippen LogP contribution in [0.2, 0.25) is 0 Å². The molecule has 0 aromatic heterocycles. The van der Waals surface area contributed by atoms with E-state index in [4.69, 9.17) is 12.2 Å². The van der Waals surface area contributed by atoms with E-state index in [9.17, 15) is 4.79 Å². The van der Waals surface area contributed by atoms with Crippen molar-refractivity contribution in [2.75, 3.05) is 30.4 Å². The molecule has 0 saturated carbocycles. The second kappa shape index (κ2) is 10.3. The Kier molecular flexibility index (Phi) is 8.79. The van der Waals surface area contributed by atoms with Crippen LogP contribution < -0.4 is 21.5 Å². The number of nitrogens with one attached hydrogen (secondary N) is 4. The summed E-state index contributed by atoms with van der Waals surface area (Å²) >= 11 is 6.89. The third kappa shape index (κ3) is 7.56. The van der Waals surface area contributed by atoms with Crippen LogP contribution in [0.15, 0.2) is 12.1 Å². The van der Waals surface area contributed by atoms with E-state index in [1.54, 1.807) is 11.8 Å². The Labute approximate surface area is 148 Å². The average Bonchev–Trinajstić information content (AvgIpc) is 2.48. The predicted molar refractivity (Wildman–Crippen MR) is 104 cm³/mol. The lowest BCUT2D eigenvalue weighted by molar-refractivity contribution is -0.119. The van der Waals surface area contributed by atoms with Crippen molar-refractivity contribution in [1.29, 1.82) is 0 Å². The van der Waals surface area contributed by atoms with E-state index in [0.717, 1.165) is 35.5 Å². The number of hydrogen-bond acceptors (Lipinski definition) is 4. The maximum Gasteiger partial charge on any atom is 0.257 e. The first-order chi connectivity index (χ1) is 10.9. The minimum absolute atomic E-state index is 0.169. The molecule has 23 heavy (non-hydrogen) atoms. The van der Waals surface area contributed by atoms with E-state index in [1.807, 2.05) is 13.8 Å². The molecule has 128 valence electrons. The maximum absolute atomic E-state index is 11.9. The summed E-state index contributed by atoms with van der Waals surface area (Å²) in [5.41, 5.74) is 9.78. The number of amides is 1. The number of thioether (sulfide) groups is 1. The highest BCUT2D eigenvalue weighted by Crippen LogP contribution is 2.21. The molecule has 0 heterocycles. The van der Waals surface area contributed by atoms with Crippen molar-refractivity contribution in [3.8, 4) is 0 Å². The Morgan fingerprint density at radius 2 is 1.83 bits per heavy atom. The van der Waals surface area contributed by atoms with Gasteiger partial charge in [0.15, 0.2) is 5.11 Å². The first-order valence-corrected chi connectivity index (χ1v) is 9.37. The van der Waals surface area contributed by atoms with Gasteiger partial charge in [0, 0.05) is 12.2 Å². The van der Waals surface area contributed by atoms with Gasteiger partial charge in [-0.05, 0) is 62.5 Å². The van der Waals surface area contributed by atoms with Gasteiger partial charge in [-0.3, -0.25) is 15.6 Å². The van der Waals surface area contributed by atoms with Crippen molar-refractivity contribution >= 4 is 40.7 Å². The molecule has 0 aliphatic rings. The molecule has 0 fully saturated rings. The molecule has 7 heteroatoms. The number of thiocarbonyl (C=S) groups is 1. The molecule has 0 spiro atoms. The van der Waals surface area contributed by atoms with E-state index in [2.05, 4.69) is 46.8 Å². The molecule has 1 aromatic rings. The largest absolute Gasteiger partial charge is 0.376 e. The van der Waals surface area contributed by atoms with Gasteiger partial charge in [-0.1, -0.05) is 17.7 Å². The minimum Gasteiger partial charge on any atom is -0.376 e. The molecule has 0 bridgehead atoms. The van der Waals surface area contributed by atoms with Crippen LogP contribution in [0.25, 0.3) is 0 Å². The van der Waals surface area contributed by atoms with Crippen molar-refractivity contribution in [1.82, 2.24) is 16.2 Å². The van der Waals surface area contributed by atoms with Crippen molar-refractivity contribution in [3.63, 3.8) is 0 Å². The second-order valence-electron chi connectivity index (χ2n) is 5.40. The van der Waals surface area contributed by atoms with Crippen molar-refractivity contribution in [2.24, 2.45) is 0 Å². The Morgan fingerprint density at radius 1 is 1.17 bits per heavy atom. The first-order valence-electron chi connectivity index (χ1n) is 7.57. The molecule has 1 rings (SSSR count). The number of benzene rings is 1. The zero-order chi connectivity index (χ0) is 17.2. The van der Waals surface area contributed by atoms with Crippen molar-refractivity contribution in [3.05, 3.63) is 28.8 Å². The third-order valence-electron chi connectivity index (χ3n) is 3.23. The van der Waals surface area contributed by atoms with Gasteiger partial charge in [0.25, 0.3) is 5.91 Å². The number of hydrazine groups is 1. The van der Waals surface area contributed by atoms with Crippen LogP contribution in [-0.4, -0.2) is 36.1 Å². The Hall–Kier alpha value is -1.47. The number of carbonyl (C=O) groups is 1. The van der Waals surface area contributed by atoms with Gasteiger partial charge < -0.3 is 10.6 Å². The molecule has 4 N–H and O–H groups in total. The fraction of sp³-hybridized carbons (Fsp3) is 0.500. The molecule has 0 aliphatic carbocycles. The summed E-state index contributed by atoms with van der Waals surface area (Å²) in [5, 5.41) is 6.65. The lowest BCUT2D eigenvalue weighted by atomic mass is 10.1. The molecule has 1 aromatic carbocycles. The smallest absolute Gasteiger partial charge is 0.257 e.